The molecule has 8 heteroatoms. The van der Waals surface area contributed by atoms with Crippen molar-refractivity contribution in [2.45, 2.75) is 38.1 Å². The van der Waals surface area contributed by atoms with Gasteiger partial charge in [0.25, 0.3) is 0 Å². The molecule has 1 N–H and O–H groups in total. The van der Waals surface area contributed by atoms with Crippen LogP contribution in [-0.2, 0) is 17.8 Å². The van der Waals surface area contributed by atoms with Gasteiger partial charge >= 0.3 is 0 Å². The van der Waals surface area contributed by atoms with Crippen LogP contribution in [0.4, 0.5) is 0 Å². The van der Waals surface area contributed by atoms with E-state index in [0.29, 0.717) is 25.3 Å². The SMILES string of the molecule is O=C(CCc1nn2c(C3CC3)nnc2s1)NCc1ccncc1. The van der Waals surface area contributed by atoms with E-state index in [9.17, 15) is 4.79 Å². The Labute approximate surface area is 136 Å². The lowest BCUT2D eigenvalue weighted by molar-refractivity contribution is -0.121. The Kier molecular flexibility index (Phi) is 3.74. The maximum atomic E-state index is 11.9. The van der Waals surface area contributed by atoms with Gasteiger partial charge in [-0.15, -0.1) is 10.2 Å². The van der Waals surface area contributed by atoms with Crippen molar-refractivity contribution in [1.29, 1.82) is 0 Å². The molecule has 0 radical (unpaired) electrons. The molecule has 0 bridgehead atoms. The quantitative estimate of drug-likeness (QED) is 0.744. The Morgan fingerprint density at radius 3 is 2.91 bits per heavy atom. The van der Waals surface area contributed by atoms with Gasteiger partial charge in [0.2, 0.25) is 10.9 Å². The third-order valence-electron chi connectivity index (χ3n) is 3.80. The summed E-state index contributed by atoms with van der Waals surface area (Å²) in [5.41, 5.74) is 1.04. The molecule has 118 valence electrons. The van der Waals surface area contributed by atoms with Gasteiger partial charge in [0.15, 0.2) is 5.82 Å². The highest BCUT2D eigenvalue weighted by Gasteiger charge is 2.30. The molecule has 0 saturated heterocycles. The van der Waals surface area contributed by atoms with Gasteiger partial charge in [0.1, 0.15) is 5.01 Å². The van der Waals surface area contributed by atoms with E-state index in [1.807, 2.05) is 16.6 Å². The number of hydrogen-bond donors (Lipinski definition) is 1. The van der Waals surface area contributed by atoms with Crippen molar-refractivity contribution in [2.75, 3.05) is 0 Å². The van der Waals surface area contributed by atoms with Crippen LogP contribution >= 0.6 is 11.3 Å². The first-order valence-electron chi connectivity index (χ1n) is 7.66. The van der Waals surface area contributed by atoms with E-state index in [0.717, 1.165) is 21.4 Å². The van der Waals surface area contributed by atoms with Crippen LogP contribution in [-0.4, -0.2) is 30.7 Å². The van der Waals surface area contributed by atoms with Crippen LogP contribution in [0.5, 0.6) is 0 Å². The standard InChI is InChI=1S/C15H16N6OS/c22-12(17-9-10-5-7-16-8-6-10)3-4-13-20-21-14(11-1-2-11)18-19-15(21)23-13/h5-8,11H,1-4,9H2,(H,17,22). The number of pyridine rings is 1. The summed E-state index contributed by atoms with van der Waals surface area (Å²) in [6.07, 6.45) is 6.83. The fourth-order valence-electron chi connectivity index (χ4n) is 2.38. The Hall–Kier alpha value is -2.35. The number of rotatable bonds is 6. The molecular formula is C15H16N6OS. The molecule has 4 rings (SSSR count). The van der Waals surface area contributed by atoms with E-state index in [-0.39, 0.29) is 5.91 Å². The average molecular weight is 328 g/mol. The second-order valence-electron chi connectivity index (χ2n) is 5.65. The molecule has 23 heavy (non-hydrogen) atoms. The molecule has 7 nitrogen and oxygen atoms in total. The lowest BCUT2D eigenvalue weighted by Gasteiger charge is -2.03. The minimum Gasteiger partial charge on any atom is -0.352 e. The number of carbonyl (C=O) groups is 1. The number of fused-ring (bicyclic) bond motifs is 1. The Morgan fingerprint density at radius 2 is 2.13 bits per heavy atom. The number of hydrogen-bond acceptors (Lipinski definition) is 6. The molecule has 0 atom stereocenters. The number of aryl methyl sites for hydroxylation is 1. The lowest BCUT2D eigenvalue weighted by atomic mass is 10.2. The fourth-order valence-corrected chi connectivity index (χ4v) is 3.22. The predicted octanol–water partition coefficient (Wildman–Crippen LogP) is 1.71. The number of nitrogens with zero attached hydrogens (tertiary/aromatic N) is 5. The zero-order chi connectivity index (χ0) is 15.6. The summed E-state index contributed by atoms with van der Waals surface area (Å²) in [4.78, 5) is 16.7. The number of aromatic nitrogens is 5. The molecule has 3 heterocycles. The van der Waals surface area contributed by atoms with Crippen molar-refractivity contribution in [2.24, 2.45) is 0 Å². The van der Waals surface area contributed by atoms with E-state index >= 15 is 0 Å². The maximum absolute atomic E-state index is 11.9. The summed E-state index contributed by atoms with van der Waals surface area (Å²) in [7, 11) is 0. The van der Waals surface area contributed by atoms with Gasteiger partial charge in [-0.25, -0.2) is 0 Å². The molecule has 0 unspecified atom stereocenters. The van der Waals surface area contributed by atoms with Crippen LogP contribution < -0.4 is 5.32 Å². The van der Waals surface area contributed by atoms with Crippen molar-refractivity contribution in [3.63, 3.8) is 0 Å². The molecule has 3 aromatic rings. The molecule has 0 aliphatic heterocycles. The van der Waals surface area contributed by atoms with E-state index in [1.54, 1.807) is 12.4 Å². The van der Waals surface area contributed by atoms with Crippen molar-refractivity contribution in [3.8, 4) is 0 Å². The predicted molar refractivity (Wildman–Crippen MR) is 85.0 cm³/mol. The number of carbonyl (C=O) groups excluding carboxylic acids is 1. The van der Waals surface area contributed by atoms with Crippen LogP contribution in [0, 0.1) is 0 Å². The molecule has 1 aliphatic rings. The highest BCUT2D eigenvalue weighted by molar-refractivity contribution is 7.16. The molecular weight excluding hydrogens is 312 g/mol. The van der Waals surface area contributed by atoms with Gasteiger partial charge in [-0.05, 0) is 30.5 Å². The Balaban J connectivity index is 1.32. The van der Waals surface area contributed by atoms with Gasteiger partial charge in [0, 0.05) is 37.7 Å². The van der Waals surface area contributed by atoms with E-state index in [2.05, 4.69) is 25.6 Å². The third-order valence-corrected chi connectivity index (χ3v) is 4.76. The van der Waals surface area contributed by atoms with Gasteiger partial charge in [-0.3, -0.25) is 9.78 Å². The van der Waals surface area contributed by atoms with Crippen molar-refractivity contribution in [3.05, 3.63) is 40.9 Å². The number of nitrogens with one attached hydrogen (secondary N) is 1. The van der Waals surface area contributed by atoms with E-state index in [4.69, 9.17) is 0 Å². The van der Waals surface area contributed by atoms with Gasteiger partial charge in [-0.1, -0.05) is 11.3 Å². The lowest BCUT2D eigenvalue weighted by Crippen LogP contribution is -2.23. The zero-order valence-electron chi connectivity index (χ0n) is 12.5. The summed E-state index contributed by atoms with van der Waals surface area (Å²) >= 11 is 1.51. The minimum atomic E-state index is 0.0233. The third kappa shape index (κ3) is 3.21. The van der Waals surface area contributed by atoms with Crippen molar-refractivity contribution in [1.82, 2.24) is 30.1 Å². The van der Waals surface area contributed by atoms with E-state index < -0.39 is 0 Å². The first-order valence-corrected chi connectivity index (χ1v) is 8.48. The van der Waals surface area contributed by atoms with Crippen molar-refractivity contribution < 1.29 is 4.79 Å². The summed E-state index contributed by atoms with van der Waals surface area (Å²) in [6.45, 7) is 0.526. The monoisotopic (exact) mass is 328 g/mol. The Bertz CT molecular complexity index is 823. The first kappa shape index (κ1) is 14.3. The molecule has 1 amide bonds. The molecule has 0 aromatic carbocycles. The molecule has 0 spiro atoms. The van der Waals surface area contributed by atoms with Crippen molar-refractivity contribution >= 4 is 22.2 Å². The highest BCUT2D eigenvalue weighted by Crippen LogP contribution is 2.39. The summed E-state index contributed by atoms with van der Waals surface area (Å²) in [6, 6.07) is 3.78. The highest BCUT2D eigenvalue weighted by atomic mass is 32.1. The fraction of sp³-hybridized carbons (Fsp3) is 0.400. The zero-order valence-corrected chi connectivity index (χ0v) is 13.3. The van der Waals surface area contributed by atoms with Gasteiger partial charge in [-0.2, -0.15) is 9.61 Å². The summed E-state index contributed by atoms with van der Waals surface area (Å²) in [5.74, 6) is 1.50. The smallest absolute Gasteiger partial charge is 0.234 e. The normalized spacial score (nSPS) is 14.3. The molecule has 1 fully saturated rings. The van der Waals surface area contributed by atoms with Crippen LogP contribution in [0.15, 0.2) is 24.5 Å². The van der Waals surface area contributed by atoms with Crippen LogP contribution in [0.2, 0.25) is 0 Å². The summed E-state index contributed by atoms with van der Waals surface area (Å²) < 4.78 is 1.84. The largest absolute Gasteiger partial charge is 0.352 e. The molecule has 3 aromatic heterocycles. The van der Waals surface area contributed by atoms with Gasteiger partial charge in [0.05, 0.1) is 0 Å². The first-order chi connectivity index (χ1) is 11.3. The average Bonchev–Trinajstić information content (AvgIpc) is 3.21. The van der Waals surface area contributed by atoms with Crippen LogP contribution in [0.3, 0.4) is 0 Å². The Morgan fingerprint density at radius 1 is 1.30 bits per heavy atom. The minimum absolute atomic E-state index is 0.0233. The summed E-state index contributed by atoms with van der Waals surface area (Å²) in [5, 5.41) is 16.7. The second kappa shape index (κ2) is 6.04. The van der Waals surface area contributed by atoms with Crippen LogP contribution in [0.1, 0.15) is 41.6 Å². The maximum Gasteiger partial charge on any atom is 0.234 e. The number of amides is 1. The topological polar surface area (TPSA) is 85.1 Å². The molecule has 1 saturated carbocycles. The van der Waals surface area contributed by atoms with Gasteiger partial charge < -0.3 is 5.32 Å². The van der Waals surface area contributed by atoms with Crippen LogP contribution in [0.25, 0.3) is 4.96 Å². The van der Waals surface area contributed by atoms with E-state index in [1.165, 1.54) is 24.2 Å². The molecule has 1 aliphatic carbocycles. The second-order valence-corrected chi connectivity index (χ2v) is 6.70.